The average Bonchev–Trinajstić information content (AvgIpc) is 1.65. The van der Waals surface area contributed by atoms with Gasteiger partial charge in [-0.2, -0.15) is 0 Å². The highest BCUT2D eigenvalue weighted by Gasteiger charge is 1.98. The van der Waals surface area contributed by atoms with Crippen molar-refractivity contribution < 1.29 is 14.7 Å². The zero-order valence-electron chi connectivity index (χ0n) is 4.90. The molecule has 4 nitrogen and oxygen atoms in total. The first-order valence-corrected chi connectivity index (χ1v) is 2.04. The molecule has 54 valence electrons. The van der Waals surface area contributed by atoms with Crippen LogP contribution in [0.4, 0.5) is 0 Å². The number of hydrogen-bond donors (Lipinski definition) is 1. The van der Waals surface area contributed by atoms with Crippen molar-refractivity contribution in [2.75, 3.05) is 13.6 Å². The number of rotatable bonds is 3. The minimum absolute atomic E-state index is 0. The lowest BCUT2D eigenvalue weighted by Gasteiger charge is -2.03. The van der Waals surface area contributed by atoms with Crippen molar-refractivity contribution in [1.82, 2.24) is 4.90 Å². The van der Waals surface area contributed by atoms with Gasteiger partial charge in [0.25, 0.3) is 0 Å². The molecule has 0 rings (SSSR count). The molecule has 0 unspecified atom stereocenters. The van der Waals surface area contributed by atoms with E-state index in [1.165, 1.54) is 7.05 Å². The highest BCUT2D eigenvalue weighted by molar-refractivity contribution is 5.85. The first kappa shape index (κ1) is 11.1. The Bertz CT molecular complexity index is 106. The van der Waals surface area contributed by atoms with Gasteiger partial charge >= 0.3 is 5.97 Å². The maximum absolute atomic E-state index is 9.77. The van der Waals surface area contributed by atoms with Crippen molar-refractivity contribution >= 4 is 24.8 Å². The zero-order chi connectivity index (χ0) is 6.57. The van der Waals surface area contributed by atoms with E-state index >= 15 is 0 Å². The van der Waals surface area contributed by atoms with Crippen LogP contribution in [0.15, 0.2) is 0 Å². The summed E-state index contributed by atoms with van der Waals surface area (Å²) >= 11 is 0. The summed E-state index contributed by atoms with van der Waals surface area (Å²) in [5.74, 6) is -1.00. The lowest BCUT2D eigenvalue weighted by molar-refractivity contribution is -0.140. The van der Waals surface area contributed by atoms with E-state index in [0.29, 0.717) is 6.41 Å². The van der Waals surface area contributed by atoms with Crippen molar-refractivity contribution in [2.24, 2.45) is 0 Å². The van der Waals surface area contributed by atoms with Crippen LogP contribution < -0.4 is 0 Å². The number of carboxylic acid groups (broad SMARTS) is 1. The summed E-state index contributed by atoms with van der Waals surface area (Å²) in [6, 6.07) is 0. The monoisotopic (exact) mass is 153 g/mol. The Hall–Kier alpha value is -0.770. The van der Waals surface area contributed by atoms with Crippen molar-refractivity contribution in [3.63, 3.8) is 0 Å². The van der Waals surface area contributed by atoms with Crippen LogP contribution in [0, 0.1) is 0 Å². The Morgan fingerprint density at radius 3 is 2.33 bits per heavy atom. The van der Waals surface area contributed by atoms with Crippen LogP contribution in [0.3, 0.4) is 0 Å². The summed E-state index contributed by atoms with van der Waals surface area (Å²) in [4.78, 5) is 20.5. The fraction of sp³-hybridized carbons (Fsp3) is 0.500. The molecule has 0 aliphatic heterocycles. The first-order valence-electron chi connectivity index (χ1n) is 2.04. The number of halogens is 1. The van der Waals surface area contributed by atoms with Crippen LogP contribution >= 0.6 is 12.4 Å². The molecule has 0 fully saturated rings. The van der Waals surface area contributed by atoms with E-state index in [1.807, 2.05) is 0 Å². The third-order valence-electron chi connectivity index (χ3n) is 0.565. The van der Waals surface area contributed by atoms with Crippen molar-refractivity contribution in [2.45, 2.75) is 0 Å². The lowest BCUT2D eigenvalue weighted by Crippen LogP contribution is -2.23. The fourth-order valence-electron chi connectivity index (χ4n) is 0.251. The Balaban J connectivity index is 0. The third-order valence-corrected chi connectivity index (χ3v) is 0.565. The van der Waals surface area contributed by atoms with Crippen LogP contribution in [-0.2, 0) is 9.59 Å². The summed E-state index contributed by atoms with van der Waals surface area (Å²) < 4.78 is 0. The minimum Gasteiger partial charge on any atom is -0.480 e. The molecule has 0 aliphatic rings. The highest BCUT2D eigenvalue weighted by atomic mass is 35.5. The van der Waals surface area contributed by atoms with Crippen molar-refractivity contribution in [3.8, 4) is 0 Å². The van der Waals surface area contributed by atoms with E-state index in [-0.39, 0.29) is 19.0 Å². The van der Waals surface area contributed by atoms with Crippen LogP contribution in [0.2, 0.25) is 0 Å². The number of carboxylic acids is 1. The summed E-state index contributed by atoms with van der Waals surface area (Å²) in [6.45, 7) is -0.233. The van der Waals surface area contributed by atoms with Gasteiger partial charge in [-0.25, -0.2) is 0 Å². The van der Waals surface area contributed by atoms with E-state index in [9.17, 15) is 9.59 Å². The summed E-state index contributed by atoms with van der Waals surface area (Å²) in [6.07, 6.45) is 0.466. The molecule has 0 bridgehead atoms. The van der Waals surface area contributed by atoms with Crippen LogP contribution in [0.1, 0.15) is 0 Å². The number of amides is 1. The number of carbonyl (C=O) groups is 2. The van der Waals surface area contributed by atoms with Gasteiger partial charge in [0.2, 0.25) is 6.41 Å². The number of aliphatic carboxylic acids is 1. The molecular formula is C4H8ClNO3. The largest absolute Gasteiger partial charge is 0.480 e. The molecule has 1 N–H and O–H groups in total. The summed E-state index contributed by atoms with van der Waals surface area (Å²) in [5.41, 5.74) is 0. The third kappa shape index (κ3) is 7.23. The minimum atomic E-state index is -1.00. The Labute approximate surface area is 58.9 Å². The normalized spacial score (nSPS) is 7.22. The van der Waals surface area contributed by atoms with E-state index in [4.69, 9.17) is 5.11 Å². The lowest BCUT2D eigenvalue weighted by atomic mass is 10.6. The maximum Gasteiger partial charge on any atom is 0.323 e. The Kier molecular flexibility index (Phi) is 6.61. The Morgan fingerprint density at radius 2 is 2.22 bits per heavy atom. The molecule has 1 amide bonds. The smallest absolute Gasteiger partial charge is 0.323 e. The van der Waals surface area contributed by atoms with Gasteiger partial charge in [0.05, 0.1) is 0 Å². The first-order chi connectivity index (χ1) is 3.66. The molecule has 0 aromatic rings. The predicted molar refractivity (Wildman–Crippen MR) is 33.6 cm³/mol. The van der Waals surface area contributed by atoms with Crippen molar-refractivity contribution in [3.05, 3.63) is 0 Å². The highest BCUT2D eigenvalue weighted by Crippen LogP contribution is 1.71. The number of hydrogen-bond acceptors (Lipinski definition) is 2. The second-order valence-electron chi connectivity index (χ2n) is 1.41. The molecule has 0 atom stereocenters. The summed E-state index contributed by atoms with van der Waals surface area (Å²) in [5, 5.41) is 8.01. The molecule has 0 spiro atoms. The summed E-state index contributed by atoms with van der Waals surface area (Å²) in [7, 11) is 1.40. The van der Waals surface area contributed by atoms with E-state index in [1.54, 1.807) is 0 Å². The predicted octanol–water partition coefficient (Wildman–Crippen LogP) is -0.419. The van der Waals surface area contributed by atoms with E-state index < -0.39 is 5.97 Å². The molecular weight excluding hydrogens is 146 g/mol. The second-order valence-corrected chi connectivity index (χ2v) is 1.41. The van der Waals surface area contributed by atoms with Crippen molar-refractivity contribution in [1.29, 1.82) is 0 Å². The van der Waals surface area contributed by atoms with Gasteiger partial charge in [0.15, 0.2) is 0 Å². The topological polar surface area (TPSA) is 57.6 Å². The quantitative estimate of drug-likeness (QED) is 0.561. The second kappa shape index (κ2) is 5.37. The van der Waals surface area contributed by atoms with Gasteiger partial charge in [-0.05, 0) is 0 Å². The van der Waals surface area contributed by atoms with E-state index in [0.717, 1.165) is 4.90 Å². The Morgan fingerprint density at radius 1 is 1.78 bits per heavy atom. The van der Waals surface area contributed by atoms with E-state index in [2.05, 4.69) is 0 Å². The van der Waals surface area contributed by atoms with Gasteiger partial charge in [-0.1, -0.05) is 0 Å². The molecule has 0 saturated carbocycles. The SMILES string of the molecule is CN(C=O)CC(=O)O.Cl. The maximum atomic E-state index is 9.77. The standard InChI is InChI=1S/C4H7NO3.ClH/c1-5(3-6)2-4(7)8;/h3H,2H2,1H3,(H,7,8);1H. The molecule has 5 heteroatoms. The molecule has 0 aliphatic carbocycles. The van der Waals surface area contributed by atoms with Gasteiger partial charge in [-0.15, -0.1) is 12.4 Å². The number of likely N-dealkylation sites (N-methyl/N-ethyl adjacent to an activating group) is 1. The molecule has 0 heterocycles. The van der Waals surface area contributed by atoms with Crippen LogP contribution in [0.5, 0.6) is 0 Å². The fourth-order valence-corrected chi connectivity index (χ4v) is 0.251. The molecule has 0 aromatic heterocycles. The zero-order valence-corrected chi connectivity index (χ0v) is 5.72. The van der Waals surface area contributed by atoms with Gasteiger partial charge < -0.3 is 10.0 Å². The van der Waals surface area contributed by atoms with Gasteiger partial charge in [0, 0.05) is 7.05 Å². The molecule has 0 aromatic carbocycles. The molecule has 0 radical (unpaired) electrons. The molecule has 9 heavy (non-hydrogen) atoms. The van der Waals surface area contributed by atoms with Crippen LogP contribution in [-0.4, -0.2) is 36.0 Å². The average molecular weight is 154 g/mol. The molecule has 0 saturated heterocycles. The number of carbonyl (C=O) groups excluding carboxylic acids is 1. The van der Waals surface area contributed by atoms with Gasteiger partial charge in [-0.3, -0.25) is 9.59 Å². The van der Waals surface area contributed by atoms with Crippen LogP contribution in [0.25, 0.3) is 0 Å². The number of nitrogens with zero attached hydrogens (tertiary/aromatic N) is 1. The van der Waals surface area contributed by atoms with Gasteiger partial charge in [0.1, 0.15) is 6.54 Å².